The Labute approximate surface area is 160 Å². The highest BCUT2D eigenvalue weighted by Gasteiger charge is 2.30. The van der Waals surface area contributed by atoms with E-state index in [1.165, 1.54) is 24.3 Å². The summed E-state index contributed by atoms with van der Waals surface area (Å²) >= 11 is 0. The molecule has 0 aliphatic heterocycles. The smallest absolute Gasteiger partial charge is 0.406 e. The van der Waals surface area contributed by atoms with E-state index in [1.54, 1.807) is 25.1 Å². The average Bonchev–Trinajstić information content (AvgIpc) is 3.08. The lowest BCUT2D eigenvalue weighted by Gasteiger charge is -2.09. The third-order valence-electron chi connectivity index (χ3n) is 4.00. The molecule has 0 fully saturated rings. The van der Waals surface area contributed by atoms with Crippen LogP contribution in [0.3, 0.4) is 0 Å². The van der Waals surface area contributed by atoms with Gasteiger partial charge in [-0.25, -0.2) is 4.68 Å². The monoisotopic (exact) mass is 403 g/mol. The second-order valence-corrected chi connectivity index (χ2v) is 6.09. The summed E-state index contributed by atoms with van der Waals surface area (Å²) in [5.41, 5.74) is 1.22. The minimum Gasteiger partial charge on any atom is -0.406 e. The van der Waals surface area contributed by atoms with E-state index in [-0.39, 0.29) is 18.1 Å². The van der Waals surface area contributed by atoms with E-state index >= 15 is 0 Å². The van der Waals surface area contributed by atoms with Gasteiger partial charge in [0.15, 0.2) is 5.82 Å². The highest BCUT2D eigenvalue weighted by molar-refractivity contribution is 5.83. The van der Waals surface area contributed by atoms with Crippen LogP contribution in [-0.2, 0) is 6.54 Å². The largest absolute Gasteiger partial charge is 0.573 e. The number of ether oxygens (including phenoxy) is 1. The maximum atomic E-state index is 12.8. The highest BCUT2D eigenvalue weighted by atomic mass is 19.4. The summed E-state index contributed by atoms with van der Waals surface area (Å²) in [6.07, 6.45) is -4.76. The van der Waals surface area contributed by atoms with Crippen molar-refractivity contribution in [3.63, 3.8) is 0 Å². The molecule has 148 valence electrons. The molecule has 8 nitrogen and oxygen atoms in total. The van der Waals surface area contributed by atoms with Crippen LogP contribution in [0.2, 0.25) is 0 Å². The fourth-order valence-electron chi connectivity index (χ4n) is 2.75. The van der Waals surface area contributed by atoms with E-state index in [1.807, 2.05) is 0 Å². The molecule has 0 aliphatic carbocycles. The average molecular weight is 403 g/mol. The van der Waals surface area contributed by atoms with Crippen LogP contribution in [0.1, 0.15) is 11.7 Å². The van der Waals surface area contributed by atoms with Crippen LogP contribution >= 0.6 is 0 Å². The molecule has 0 radical (unpaired) electrons. The van der Waals surface area contributed by atoms with Gasteiger partial charge in [-0.05, 0) is 35.4 Å². The maximum absolute atomic E-state index is 12.8. The van der Waals surface area contributed by atoms with Gasteiger partial charge >= 0.3 is 6.36 Å². The van der Waals surface area contributed by atoms with Crippen LogP contribution in [-0.4, -0.2) is 31.5 Å². The normalized spacial score (nSPS) is 11.7. The number of alkyl halides is 3. The maximum Gasteiger partial charge on any atom is 0.573 e. The van der Waals surface area contributed by atoms with E-state index in [0.29, 0.717) is 27.9 Å². The van der Waals surface area contributed by atoms with Gasteiger partial charge in [-0.2, -0.15) is 4.98 Å². The molecule has 0 atom stereocenters. The van der Waals surface area contributed by atoms with E-state index in [4.69, 9.17) is 4.52 Å². The molecule has 0 saturated carbocycles. The van der Waals surface area contributed by atoms with Gasteiger partial charge in [-0.1, -0.05) is 28.6 Å². The predicted molar refractivity (Wildman–Crippen MR) is 94.1 cm³/mol. The number of aryl methyl sites for hydroxylation is 1. The Kier molecular flexibility index (Phi) is 4.49. The van der Waals surface area contributed by atoms with Crippen molar-refractivity contribution in [1.29, 1.82) is 0 Å². The molecule has 0 saturated heterocycles. The Morgan fingerprint density at radius 2 is 1.83 bits per heavy atom. The summed E-state index contributed by atoms with van der Waals surface area (Å²) in [5.74, 6) is 0.322. The van der Waals surface area contributed by atoms with Gasteiger partial charge in [0.2, 0.25) is 5.89 Å². The quantitative estimate of drug-likeness (QED) is 0.517. The van der Waals surface area contributed by atoms with Gasteiger partial charge in [0.1, 0.15) is 17.8 Å². The molecule has 2 aromatic carbocycles. The zero-order chi connectivity index (χ0) is 20.6. The molecule has 0 N–H and O–H groups in total. The highest BCUT2D eigenvalue weighted by Crippen LogP contribution is 2.27. The molecule has 0 spiro atoms. The molecule has 0 amide bonds. The lowest BCUT2D eigenvalue weighted by atomic mass is 10.0. The van der Waals surface area contributed by atoms with Gasteiger partial charge < -0.3 is 9.26 Å². The summed E-state index contributed by atoms with van der Waals surface area (Å²) in [7, 11) is 0. The number of benzene rings is 2. The van der Waals surface area contributed by atoms with Crippen molar-refractivity contribution < 1.29 is 22.4 Å². The van der Waals surface area contributed by atoms with Crippen molar-refractivity contribution in [3.05, 3.63) is 64.5 Å². The molecule has 0 unspecified atom stereocenters. The molecule has 29 heavy (non-hydrogen) atoms. The second kappa shape index (κ2) is 7.00. The Bertz CT molecular complexity index is 1230. The SMILES string of the molecule is Cc1nc(Cn2nnc3ccc(-c4ccc(OC(F)(F)F)cc4)cc3c2=O)no1. The van der Waals surface area contributed by atoms with E-state index < -0.39 is 11.9 Å². The molecule has 2 aromatic heterocycles. The van der Waals surface area contributed by atoms with Crippen LogP contribution in [0, 0.1) is 6.92 Å². The van der Waals surface area contributed by atoms with E-state index in [0.717, 1.165) is 4.68 Å². The van der Waals surface area contributed by atoms with Crippen LogP contribution in [0.5, 0.6) is 5.75 Å². The third-order valence-corrected chi connectivity index (χ3v) is 4.00. The second-order valence-electron chi connectivity index (χ2n) is 6.09. The van der Waals surface area contributed by atoms with Gasteiger partial charge in [0.05, 0.1) is 5.39 Å². The standard InChI is InChI=1S/C18H12F3N5O3/c1-10-22-16(24-29-10)9-26-17(27)14-8-12(4-7-15(14)23-25-26)11-2-5-13(6-3-11)28-18(19,20)21/h2-8H,9H2,1H3. The number of rotatable bonds is 4. The van der Waals surface area contributed by atoms with Gasteiger partial charge in [-0.3, -0.25) is 4.79 Å². The summed E-state index contributed by atoms with van der Waals surface area (Å²) in [4.78, 5) is 16.8. The lowest BCUT2D eigenvalue weighted by molar-refractivity contribution is -0.274. The minimum atomic E-state index is -4.76. The van der Waals surface area contributed by atoms with Crippen LogP contribution in [0.15, 0.2) is 51.8 Å². The molecule has 0 aliphatic rings. The number of aromatic nitrogens is 5. The zero-order valence-corrected chi connectivity index (χ0v) is 14.8. The summed E-state index contributed by atoms with van der Waals surface area (Å²) in [6, 6.07) is 10.3. The molecule has 4 aromatic rings. The fourth-order valence-corrected chi connectivity index (χ4v) is 2.75. The first-order chi connectivity index (χ1) is 13.8. The molecule has 11 heteroatoms. The predicted octanol–water partition coefficient (Wildman–Crippen LogP) is 3.10. The fraction of sp³-hybridized carbons (Fsp3) is 0.167. The Morgan fingerprint density at radius 3 is 2.48 bits per heavy atom. The molecular formula is C18H12F3N5O3. The van der Waals surface area contributed by atoms with Crippen molar-refractivity contribution in [1.82, 2.24) is 25.1 Å². The van der Waals surface area contributed by atoms with Crippen molar-refractivity contribution in [2.75, 3.05) is 0 Å². The van der Waals surface area contributed by atoms with Crippen LogP contribution in [0.4, 0.5) is 13.2 Å². The number of nitrogens with zero attached hydrogens (tertiary/aromatic N) is 5. The number of hydrogen-bond donors (Lipinski definition) is 0. The van der Waals surface area contributed by atoms with Crippen LogP contribution in [0.25, 0.3) is 22.0 Å². The van der Waals surface area contributed by atoms with E-state index in [2.05, 4.69) is 25.2 Å². The molecule has 4 rings (SSSR count). The first kappa shape index (κ1) is 18.6. The van der Waals surface area contributed by atoms with E-state index in [9.17, 15) is 18.0 Å². The van der Waals surface area contributed by atoms with Crippen molar-refractivity contribution in [2.24, 2.45) is 0 Å². The number of fused-ring (bicyclic) bond motifs is 1. The molecule has 0 bridgehead atoms. The van der Waals surface area contributed by atoms with Gasteiger partial charge in [-0.15, -0.1) is 18.3 Å². The van der Waals surface area contributed by atoms with Crippen molar-refractivity contribution >= 4 is 10.9 Å². The van der Waals surface area contributed by atoms with Crippen molar-refractivity contribution in [3.8, 4) is 16.9 Å². The lowest BCUT2D eigenvalue weighted by Crippen LogP contribution is -2.25. The van der Waals surface area contributed by atoms with Gasteiger partial charge in [0, 0.05) is 6.92 Å². The zero-order valence-electron chi connectivity index (χ0n) is 14.8. The van der Waals surface area contributed by atoms with Gasteiger partial charge in [0.25, 0.3) is 5.56 Å². The Morgan fingerprint density at radius 1 is 1.10 bits per heavy atom. The molecular weight excluding hydrogens is 391 g/mol. The first-order valence-electron chi connectivity index (χ1n) is 8.31. The topological polar surface area (TPSA) is 95.9 Å². The molecule has 2 heterocycles. The van der Waals surface area contributed by atoms with Crippen molar-refractivity contribution in [2.45, 2.75) is 19.8 Å². The summed E-state index contributed by atoms with van der Waals surface area (Å²) in [6.45, 7) is 1.62. The minimum absolute atomic E-state index is 0.00712. The summed E-state index contributed by atoms with van der Waals surface area (Å²) < 4.78 is 46.7. The first-order valence-corrected chi connectivity index (χ1v) is 8.31. The number of halogens is 3. The van der Waals surface area contributed by atoms with Crippen LogP contribution < -0.4 is 10.3 Å². The third kappa shape index (κ3) is 4.08. The summed E-state index contributed by atoms with van der Waals surface area (Å²) in [5, 5.41) is 11.9. The number of hydrogen-bond acceptors (Lipinski definition) is 7. The Balaban J connectivity index is 1.67. The Hall–Kier alpha value is -3.76.